The SMILES string of the molecule is CC(=O)NC[C@H]1CN(c2ccc(-c3ccc(N=[N+]=[N-])cc3)cc2)C(=O)O1. The predicted molar refractivity (Wildman–Crippen MR) is 97.0 cm³/mol. The Morgan fingerprint density at radius 1 is 1.23 bits per heavy atom. The van der Waals surface area contributed by atoms with Gasteiger partial charge in [-0.2, -0.15) is 0 Å². The first-order chi connectivity index (χ1) is 12.6. The Labute approximate surface area is 150 Å². The van der Waals surface area contributed by atoms with Crippen LogP contribution < -0.4 is 10.2 Å². The van der Waals surface area contributed by atoms with Gasteiger partial charge in [0.05, 0.1) is 13.1 Å². The summed E-state index contributed by atoms with van der Waals surface area (Å²) in [6.07, 6.45) is -0.786. The second kappa shape index (κ2) is 7.58. The van der Waals surface area contributed by atoms with Gasteiger partial charge in [-0.1, -0.05) is 41.5 Å². The molecule has 1 atom stereocenters. The van der Waals surface area contributed by atoms with Gasteiger partial charge < -0.3 is 10.1 Å². The number of anilines is 1. The number of amides is 2. The van der Waals surface area contributed by atoms with Crippen LogP contribution in [0.2, 0.25) is 0 Å². The van der Waals surface area contributed by atoms with E-state index < -0.39 is 6.09 Å². The highest BCUT2D eigenvalue weighted by atomic mass is 16.6. The van der Waals surface area contributed by atoms with Crippen molar-refractivity contribution in [2.24, 2.45) is 5.11 Å². The number of azide groups is 1. The van der Waals surface area contributed by atoms with Crippen molar-refractivity contribution in [1.29, 1.82) is 0 Å². The normalized spacial score (nSPS) is 16.0. The van der Waals surface area contributed by atoms with Gasteiger partial charge in [-0.25, -0.2) is 4.79 Å². The van der Waals surface area contributed by atoms with E-state index in [-0.39, 0.29) is 12.0 Å². The third-order valence-corrected chi connectivity index (χ3v) is 3.99. The van der Waals surface area contributed by atoms with Crippen molar-refractivity contribution >= 4 is 23.4 Å². The highest BCUT2D eigenvalue weighted by Gasteiger charge is 2.32. The molecule has 2 amide bonds. The number of cyclic esters (lactones) is 1. The third-order valence-electron chi connectivity index (χ3n) is 3.99. The summed E-state index contributed by atoms with van der Waals surface area (Å²) in [5.41, 5.74) is 11.7. The number of hydrogen-bond donors (Lipinski definition) is 1. The molecule has 3 rings (SSSR count). The van der Waals surface area contributed by atoms with Crippen LogP contribution >= 0.6 is 0 Å². The lowest BCUT2D eigenvalue weighted by Crippen LogP contribution is -2.33. The Hall–Kier alpha value is -3.51. The summed E-state index contributed by atoms with van der Waals surface area (Å²) < 4.78 is 5.26. The molecule has 1 saturated heterocycles. The largest absolute Gasteiger partial charge is 0.442 e. The molecule has 1 N–H and O–H groups in total. The zero-order chi connectivity index (χ0) is 18.5. The average Bonchev–Trinajstić information content (AvgIpc) is 3.02. The number of ether oxygens (including phenoxy) is 1. The first-order valence-corrected chi connectivity index (χ1v) is 8.05. The molecule has 26 heavy (non-hydrogen) atoms. The van der Waals surface area contributed by atoms with Crippen molar-refractivity contribution in [3.63, 3.8) is 0 Å². The quantitative estimate of drug-likeness (QED) is 0.503. The number of carbonyl (C=O) groups is 2. The fraction of sp³-hybridized carbons (Fsp3) is 0.222. The van der Waals surface area contributed by atoms with Gasteiger partial charge in [0, 0.05) is 23.2 Å². The van der Waals surface area contributed by atoms with Crippen molar-refractivity contribution in [1.82, 2.24) is 5.32 Å². The van der Waals surface area contributed by atoms with Gasteiger partial charge in [-0.3, -0.25) is 9.69 Å². The molecule has 2 aromatic rings. The minimum atomic E-state index is -0.424. The molecule has 0 bridgehead atoms. The van der Waals surface area contributed by atoms with E-state index in [1.165, 1.54) is 6.92 Å². The molecular weight excluding hydrogens is 334 g/mol. The van der Waals surface area contributed by atoms with E-state index in [9.17, 15) is 9.59 Å². The van der Waals surface area contributed by atoms with Gasteiger partial charge in [0.2, 0.25) is 5.91 Å². The Bertz CT molecular complexity index is 857. The van der Waals surface area contributed by atoms with Crippen molar-refractivity contribution in [2.45, 2.75) is 13.0 Å². The molecule has 0 radical (unpaired) electrons. The van der Waals surface area contributed by atoms with Crippen LogP contribution in [0.15, 0.2) is 53.6 Å². The van der Waals surface area contributed by atoms with Crippen molar-refractivity contribution in [3.05, 3.63) is 59.0 Å². The van der Waals surface area contributed by atoms with Crippen LogP contribution in [0.4, 0.5) is 16.2 Å². The fourth-order valence-electron chi connectivity index (χ4n) is 2.70. The van der Waals surface area contributed by atoms with E-state index in [0.717, 1.165) is 16.8 Å². The van der Waals surface area contributed by atoms with E-state index in [1.807, 2.05) is 36.4 Å². The number of nitrogens with zero attached hydrogens (tertiary/aromatic N) is 4. The monoisotopic (exact) mass is 351 g/mol. The Morgan fingerprint density at radius 3 is 2.42 bits per heavy atom. The van der Waals surface area contributed by atoms with Gasteiger partial charge in [-0.15, -0.1) is 0 Å². The number of benzene rings is 2. The number of rotatable bonds is 5. The summed E-state index contributed by atoms with van der Waals surface area (Å²) in [6, 6.07) is 14.7. The zero-order valence-corrected chi connectivity index (χ0v) is 14.1. The summed E-state index contributed by atoms with van der Waals surface area (Å²) in [5.74, 6) is -0.157. The minimum absolute atomic E-state index is 0.157. The molecule has 0 saturated carbocycles. The fourth-order valence-corrected chi connectivity index (χ4v) is 2.70. The van der Waals surface area contributed by atoms with Crippen LogP contribution in [0.3, 0.4) is 0 Å². The standard InChI is InChI=1S/C18H17N5O3/c1-12(24)20-10-17-11-23(18(25)26-17)16-8-4-14(5-9-16)13-2-6-15(7-3-13)21-22-19/h2-9,17H,10-11H2,1H3,(H,20,24)/t17-/m0/s1. The van der Waals surface area contributed by atoms with E-state index >= 15 is 0 Å². The highest BCUT2D eigenvalue weighted by Crippen LogP contribution is 2.27. The van der Waals surface area contributed by atoms with Crippen LogP contribution in [-0.2, 0) is 9.53 Å². The summed E-state index contributed by atoms with van der Waals surface area (Å²) >= 11 is 0. The van der Waals surface area contributed by atoms with E-state index in [4.69, 9.17) is 10.3 Å². The Kier molecular flexibility index (Phi) is 5.05. The molecule has 132 valence electrons. The predicted octanol–water partition coefficient (Wildman–Crippen LogP) is 3.76. The van der Waals surface area contributed by atoms with Crippen LogP contribution in [0.1, 0.15) is 6.92 Å². The van der Waals surface area contributed by atoms with Crippen LogP contribution in [-0.4, -0.2) is 31.2 Å². The molecule has 1 fully saturated rings. The van der Waals surface area contributed by atoms with Gasteiger partial charge in [0.25, 0.3) is 0 Å². The zero-order valence-electron chi connectivity index (χ0n) is 14.1. The maximum absolute atomic E-state index is 12.0. The summed E-state index contributed by atoms with van der Waals surface area (Å²) in [6.45, 7) is 2.11. The van der Waals surface area contributed by atoms with E-state index in [0.29, 0.717) is 18.8 Å². The smallest absolute Gasteiger partial charge is 0.414 e. The maximum atomic E-state index is 12.0. The summed E-state index contributed by atoms with van der Waals surface area (Å²) in [5, 5.41) is 6.20. The number of nitrogens with one attached hydrogen (secondary N) is 1. The van der Waals surface area contributed by atoms with Crippen molar-refractivity contribution in [2.75, 3.05) is 18.0 Å². The van der Waals surface area contributed by atoms with Gasteiger partial charge in [-0.05, 0) is 28.8 Å². The van der Waals surface area contributed by atoms with Gasteiger partial charge in [0.1, 0.15) is 6.10 Å². The van der Waals surface area contributed by atoms with Gasteiger partial charge >= 0.3 is 6.09 Å². The highest BCUT2D eigenvalue weighted by molar-refractivity contribution is 5.90. The molecule has 0 spiro atoms. The molecule has 1 aliphatic rings. The molecule has 1 aliphatic heterocycles. The Balaban J connectivity index is 1.70. The van der Waals surface area contributed by atoms with Crippen LogP contribution in [0.5, 0.6) is 0 Å². The second-order valence-electron chi connectivity index (χ2n) is 5.84. The number of hydrogen-bond acceptors (Lipinski definition) is 4. The second-order valence-corrected chi connectivity index (χ2v) is 5.84. The molecule has 0 aromatic heterocycles. The van der Waals surface area contributed by atoms with Crippen molar-refractivity contribution < 1.29 is 14.3 Å². The lowest BCUT2D eigenvalue weighted by Gasteiger charge is -2.14. The molecule has 8 heteroatoms. The summed E-state index contributed by atoms with van der Waals surface area (Å²) in [4.78, 5) is 27.3. The van der Waals surface area contributed by atoms with Crippen LogP contribution in [0.25, 0.3) is 21.6 Å². The molecule has 0 aliphatic carbocycles. The number of carbonyl (C=O) groups excluding carboxylic acids is 2. The maximum Gasteiger partial charge on any atom is 0.414 e. The minimum Gasteiger partial charge on any atom is -0.442 e. The summed E-state index contributed by atoms with van der Waals surface area (Å²) in [7, 11) is 0. The third kappa shape index (κ3) is 3.93. The van der Waals surface area contributed by atoms with Crippen molar-refractivity contribution in [3.8, 4) is 11.1 Å². The van der Waals surface area contributed by atoms with E-state index in [1.54, 1.807) is 17.0 Å². The first-order valence-electron chi connectivity index (χ1n) is 8.05. The molecule has 2 aromatic carbocycles. The molecule has 1 heterocycles. The average molecular weight is 351 g/mol. The molecule has 0 unspecified atom stereocenters. The van der Waals surface area contributed by atoms with E-state index in [2.05, 4.69) is 15.3 Å². The lowest BCUT2D eigenvalue weighted by atomic mass is 10.0. The Morgan fingerprint density at radius 2 is 1.85 bits per heavy atom. The molecule has 8 nitrogen and oxygen atoms in total. The lowest BCUT2D eigenvalue weighted by molar-refractivity contribution is -0.119. The van der Waals surface area contributed by atoms with Crippen LogP contribution in [0, 0.1) is 0 Å². The molecular formula is C18H17N5O3. The topological polar surface area (TPSA) is 107 Å². The first kappa shape index (κ1) is 17.3. The van der Waals surface area contributed by atoms with Gasteiger partial charge in [0.15, 0.2) is 0 Å².